The first-order chi connectivity index (χ1) is 9.10. The first kappa shape index (κ1) is 12.7. The summed E-state index contributed by atoms with van der Waals surface area (Å²) in [6, 6.07) is 2.94. The fourth-order valence-corrected chi connectivity index (χ4v) is 1.50. The van der Waals surface area contributed by atoms with Gasteiger partial charge in [0.2, 0.25) is 5.82 Å². The average molecular weight is 263 g/mol. The van der Waals surface area contributed by atoms with Crippen LogP contribution in [0.5, 0.6) is 0 Å². The maximum atomic E-state index is 10.9. The molecule has 2 heterocycles. The van der Waals surface area contributed by atoms with Crippen LogP contribution in [0.4, 0.5) is 17.3 Å². The van der Waals surface area contributed by atoms with Crippen LogP contribution in [0.2, 0.25) is 0 Å². The number of aromatic nitrogens is 4. The van der Waals surface area contributed by atoms with Gasteiger partial charge in [-0.3, -0.25) is 14.8 Å². The summed E-state index contributed by atoms with van der Waals surface area (Å²) in [5.41, 5.74) is -0.0880. The van der Waals surface area contributed by atoms with Crippen molar-refractivity contribution >= 4 is 17.3 Å². The monoisotopic (exact) mass is 263 g/mol. The lowest BCUT2D eigenvalue weighted by Crippen LogP contribution is -2.07. The smallest absolute Gasteiger partial charge is 0.311 e. The summed E-state index contributed by atoms with van der Waals surface area (Å²) in [7, 11) is 3.44. The number of aryl methyl sites for hydroxylation is 1. The standard InChI is InChI=1S/C10H13N7O2/c1-11-8-4-3-7(17(18)19)10(14-8)12-5-9-13-6-16(2)15-9/h3-4,6H,5H2,1-2H3,(H2,11,12,14). The number of hydrogen-bond acceptors (Lipinski definition) is 7. The van der Waals surface area contributed by atoms with Crippen LogP contribution in [0.3, 0.4) is 0 Å². The van der Waals surface area contributed by atoms with Crippen molar-refractivity contribution in [3.05, 3.63) is 34.4 Å². The molecule has 0 atom stereocenters. The van der Waals surface area contributed by atoms with E-state index in [4.69, 9.17) is 0 Å². The van der Waals surface area contributed by atoms with Crippen LogP contribution in [0.25, 0.3) is 0 Å². The summed E-state index contributed by atoms with van der Waals surface area (Å²) in [4.78, 5) is 18.6. The quantitative estimate of drug-likeness (QED) is 0.605. The van der Waals surface area contributed by atoms with E-state index in [-0.39, 0.29) is 18.1 Å². The van der Waals surface area contributed by atoms with Gasteiger partial charge >= 0.3 is 5.69 Å². The lowest BCUT2D eigenvalue weighted by atomic mass is 10.3. The maximum Gasteiger partial charge on any atom is 0.311 e. The van der Waals surface area contributed by atoms with Gasteiger partial charge in [-0.15, -0.1) is 0 Å². The van der Waals surface area contributed by atoms with Crippen LogP contribution in [-0.2, 0) is 13.6 Å². The molecule has 0 aliphatic rings. The van der Waals surface area contributed by atoms with Crippen molar-refractivity contribution in [2.75, 3.05) is 17.7 Å². The first-order valence-corrected chi connectivity index (χ1v) is 5.51. The van der Waals surface area contributed by atoms with Gasteiger partial charge < -0.3 is 10.6 Å². The number of anilines is 2. The second-order valence-electron chi connectivity index (χ2n) is 3.76. The van der Waals surface area contributed by atoms with E-state index in [0.29, 0.717) is 11.6 Å². The van der Waals surface area contributed by atoms with Crippen LogP contribution in [0.1, 0.15) is 5.82 Å². The van der Waals surface area contributed by atoms with Gasteiger partial charge in [-0.25, -0.2) is 9.97 Å². The third-order valence-electron chi connectivity index (χ3n) is 2.39. The predicted molar refractivity (Wildman–Crippen MR) is 68.8 cm³/mol. The molecule has 19 heavy (non-hydrogen) atoms. The molecule has 0 saturated carbocycles. The topological polar surface area (TPSA) is 111 Å². The Morgan fingerprint density at radius 2 is 2.26 bits per heavy atom. The van der Waals surface area contributed by atoms with E-state index in [0.717, 1.165) is 0 Å². The highest BCUT2D eigenvalue weighted by atomic mass is 16.6. The van der Waals surface area contributed by atoms with Gasteiger partial charge in [0.15, 0.2) is 5.82 Å². The Bertz CT molecular complexity index is 595. The predicted octanol–water partition coefficient (Wildman–Crippen LogP) is 0.772. The third-order valence-corrected chi connectivity index (χ3v) is 2.39. The second kappa shape index (κ2) is 5.29. The van der Waals surface area contributed by atoms with E-state index in [1.807, 2.05) is 0 Å². The molecule has 2 aromatic heterocycles. The Labute approximate surface area is 108 Å². The van der Waals surface area contributed by atoms with Gasteiger partial charge in [0.05, 0.1) is 11.5 Å². The lowest BCUT2D eigenvalue weighted by molar-refractivity contribution is -0.384. The Kier molecular flexibility index (Phi) is 3.55. The second-order valence-corrected chi connectivity index (χ2v) is 3.76. The molecule has 0 fully saturated rings. The van der Waals surface area contributed by atoms with E-state index >= 15 is 0 Å². The molecule has 0 bridgehead atoms. The summed E-state index contributed by atoms with van der Waals surface area (Å²) in [6.07, 6.45) is 1.56. The molecule has 2 rings (SSSR count). The minimum Gasteiger partial charge on any atom is -0.373 e. The number of nitrogens with zero attached hydrogens (tertiary/aromatic N) is 5. The van der Waals surface area contributed by atoms with Crippen LogP contribution in [-0.4, -0.2) is 31.7 Å². The summed E-state index contributed by atoms with van der Waals surface area (Å²) in [5.74, 6) is 1.26. The van der Waals surface area contributed by atoms with Crippen LogP contribution >= 0.6 is 0 Å². The molecule has 0 aliphatic heterocycles. The van der Waals surface area contributed by atoms with Gasteiger partial charge in [0.1, 0.15) is 12.1 Å². The SMILES string of the molecule is CNc1ccc([N+](=O)[O-])c(NCc2ncn(C)n2)n1. The van der Waals surface area contributed by atoms with Crippen molar-refractivity contribution < 1.29 is 4.92 Å². The summed E-state index contributed by atoms with van der Waals surface area (Å²) in [6.45, 7) is 0.266. The highest BCUT2D eigenvalue weighted by molar-refractivity contribution is 5.60. The Balaban J connectivity index is 2.19. The summed E-state index contributed by atoms with van der Waals surface area (Å²) in [5, 5.41) is 20.7. The average Bonchev–Trinajstić information content (AvgIpc) is 2.81. The fourth-order valence-electron chi connectivity index (χ4n) is 1.50. The van der Waals surface area contributed by atoms with Gasteiger partial charge in [0.25, 0.3) is 0 Å². The molecule has 0 unspecified atom stereocenters. The molecule has 9 heteroatoms. The molecule has 0 aliphatic carbocycles. The number of rotatable bonds is 5. The van der Waals surface area contributed by atoms with E-state index in [1.165, 1.54) is 6.07 Å². The van der Waals surface area contributed by atoms with E-state index < -0.39 is 4.92 Å². The largest absolute Gasteiger partial charge is 0.373 e. The number of nitro groups is 1. The first-order valence-electron chi connectivity index (χ1n) is 5.51. The van der Waals surface area contributed by atoms with Crippen molar-refractivity contribution in [3.8, 4) is 0 Å². The Morgan fingerprint density at radius 3 is 2.84 bits per heavy atom. The minimum absolute atomic E-state index is 0.0880. The van der Waals surface area contributed by atoms with Crippen LogP contribution < -0.4 is 10.6 Å². The van der Waals surface area contributed by atoms with Crippen LogP contribution in [0.15, 0.2) is 18.5 Å². The zero-order valence-corrected chi connectivity index (χ0v) is 10.5. The Morgan fingerprint density at radius 1 is 1.47 bits per heavy atom. The zero-order chi connectivity index (χ0) is 13.8. The number of nitrogens with one attached hydrogen (secondary N) is 2. The van der Waals surface area contributed by atoms with Crippen LogP contribution in [0, 0.1) is 10.1 Å². The molecule has 9 nitrogen and oxygen atoms in total. The maximum absolute atomic E-state index is 10.9. The van der Waals surface area contributed by atoms with Crippen molar-refractivity contribution in [1.82, 2.24) is 19.7 Å². The van der Waals surface area contributed by atoms with Gasteiger partial charge in [0, 0.05) is 20.2 Å². The van der Waals surface area contributed by atoms with Crippen molar-refractivity contribution in [1.29, 1.82) is 0 Å². The molecule has 0 spiro atoms. The highest BCUT2D eigenvalue weighted by Crippen LogP contribution is 2.23. The van der Waals surface area contributed by atoms with E-state index in [9.17, 15) is 10.1 Å². The molecule has 0 amide bonds. The van der Waals surface area contributed by atoms with E-state index in [2.05, 4.69) is 25.7 Å². The molecular formula is C10H13N7O2. The molecule has 2 N–H and O–H groups in total. The molecule has 0 aromatic carbocycles. The summed E-state index contributed by atoms with van der Waals surface area (Å²) >= 11 is 0. The molecule has 0 saturated heterocycles. The lowest BCUT2D eigenvalue weighted by Gasteiger charge is -2.06. The zero-order valence-electron chi connectivity index (χ0n) is 10.5. The third kappa shape index (κ3) is 2.94. The van der Waals surface area contributed by atoms with E-state index in [1.54, 1.807) is 31.2 Å². The summed E-state index contributed by atoms with van der Waals surface area (Å²) < 4.78 is 1.56. The molecule has 0 radical (unpaired) electrons. The number of hydrogen-bond donors (Lipinski definition) is 2. The van der Waals surface area contributed by atoms with Crippen molar-refractivity contribution in [2.24, 2.45) is 7.05 Å². The van der Waals surface area contributed by atoms with Crippen molar-refractivity contribution in [3.63, 3.8) is 0 Å². The van der Waals surface area contributed by atoms with Crippen molar-refractivity contribution in [2.45, 2.75) is 6.54 Å². The van der Waals surface area contributed by atoms with Gasteiger partial charge in [-0.2, -0.15) is 5.10 Å². The number of pyridine rings is 1. The fraction of sp³-hybridized carbons (Fsp3) is 0.300. The van der Waals surface area contributed by atoms with Gasteiger partial charge in [-0.05, 0) is 6.07 Å². The Hall–Kier alpha value is -2.71. The molecular weight excluding hydrogens is 250 g/mol. The normalized spacial score (nSPS) is 10.2. The minimum atomic E-state index is -0.485. The van der Waals surface area contributed by atoms with Gasteiger partial charge in [-0.1, -0.05) is 0 Å². The molecule has 2 aromatic rings. The molecule has 100 valence electrons. The highest BCUT2D eigenvalue weighted by Gasteiger charge is 2.16.